The number of H-pyrrole nitrogens is 2. The first kappa shape index (κ1) is 65.5. The van der Waals surface area contributed by atoms with Crippen LogP contribution in [0.1, 0.15) is 23.3 Å². The predicted octanol–water partition coefficient (Wildman–Crippen LogP) is -4.05. The van der Waals surface area contributed by atoms with Gasteiger partial charge in [-0.2, -0.15) is 4.98 Å². The number of hydrogen-bond donors (Lipinski definition) is 7. The Bertz CT molecular complexity index is 4170. The minimum atomic E-state index is -5.59. The third kappa shape index (κ3) is 13.3. The zero-order valence-electron chi connectivity index (χ0n) is 49.1. The van der Waals surface area contributed by atoms with Crippen molar-refractivity contribution in [1.82, 2.24) is 73.4 Å². The molecule has 10 N–H and O–H groups in total. The van der Waals surface area contributed by atoms with Gasteiger partial charge in [0.1, 0.15) is 97.0 Å². The summed E-state index contributed by atoms with van der Waals surface area (Å²) >= 11 is 0. The maximum atomic E-state index is 14.3. The van der Waals surface area contributed by atoms with E-state index in [1.807, 2.05) is 6.08 Å². The molecule has 4 fully saturated rings. The van der Waals surface area contributed by atoms with E-state index < -0.39 is 146 Å². The highest BCUT2D eigenvalue weighted by atomic mass is 31.2. The Balaban J connectivity index is 0.756. The molecule has 92 heavy (non-hydrogen) atoms. The Morgan fingerprint density at radius 1 is 0.641 bits per heavy atom. The molecule has 0 amide bonds. The summed E-state index contributed by atoms with van der Waals surface area (Å²) in [6.45, 7) is -2.13. The number of aromatic amines is 2. The topological polar surface area (TPSA) is 549 Å². The molecule has 1 aliphatic carbocycles. The van der Waals surface area contributed by atoms with Crippen LogP contribution in [-0.4, -0.2) is 224 Å². The van der Waals surface area contributed by atoms with Gasteiger partial charge in [0.2, 0.25) is 5.95 Å². The quantitative estimate of drug-likeness (QED) is 0.0254. The van der Waals surface area contributed by atoms with Gasteiger partial charge in [-0.3, -0.25) is 37.7 Å². The Hall–Kier alpha value is -6.56. The molecule has 7 unspecified atom stereocenters. The SMILES string of the molecule is CO[C@H]1C(O)[C@@H](COP(=O)([O-])OC2[C@@H](COP(=O)([O-])OC3CN(CC4=CCc5c(N)ncnc54)C[C@@H]3COP(=O)([O-])OC3[C@@H](CO)O[C@@H](n4cnc5c(=O)[nH]c(N)nc54)[C@H]3OC)O[C@@H](Cn3cnc4c(=O)[nH]c(C)nc43)[C@H]2OC)O[C@H]1Cn1cnc2c(N)ncnc21. The maximum Gasteiger partial charge on any atom is 0.280 e. The summed E-state index contributed by atoms with van der Waals surface area (Å²) < 4.78 is 115. The van der Waals surface area contributed by atoms with Crippen LogP contribution < -0.4 is 43.0 Å². The number of methoxy groups -OCH3 is 3. The van der Waals surface area contributed by atoms with E-state index in [2.05, 4.69) is 54.8 Å². The van der Waals surface area contributed by atoms with Crippen molar-refractivity contribution < 1.29 is 94.2 Å². The lowest BCUT2D eigenvalue weighted by Gasteiger charge is -2.33. The zero-order valence-corrected chi connectivity index (χ0v) is 51.7. The first-order valence-electron chi connectivity index (χ1n) is 28.3. The van der Waals surface area contributed by atoms with E-state index in [4.69, 9.17) is 72.8 Å². The van der Waals surface area contributed by atoms with Crippen molar-refractivity contribution in [3.8, 4) is 0 Å². The number of nitrogens with zero attached hydrogens (tertiary/aromatic N) is 13. The number of aliphatic hydroxyl groups excluding tert-OH is 2. The Labute approximate surface area is 518 Å². The van der Waals surface area contributed by atoms with Gasteiger partial charge in [-0.05, 0) is 18.9 Å². The number of phosphoric acid groups is 3. The number of allylic oxidation sites excluding steroid dienone is 1. The molecule has 0 radical (unpaired) electrons. The van der Waals surface area contributed by atoms with Gasteiger partial charge in [-0.1, -0.05) is 6.08 Å². The number of nitrogens with two attached hydrogens (primary N) is 3. The van der Waals surface area contributed by atoms with E-state index in [0.717, 1.165) is 0 Å². The molecule has 0 aromatic carbocycles. The highest BCUT2D eigenvalue weighted by Crippen LogP contribution is 2.50. The number of ether oxygens (including phenoxy) is 6. The fourth-order valence-electron chi connectivity index (χ4n) is 12.1. The van der Waals surface area contributed by atoms with Crippen molar-refractivity contribution in [2.24, 2.45) is 5.92 Å². The molecule has 0 bridgehead atoms. The second-order valence-corrected chi connectivity index (χ2v) is 26.2. The van der Waals surface area contributed by atoms with Gasteiger partial charge < -0.3 is 112 Å². The molecule has 7 aromatic heterocycles. The molecule has 498 valence electrons. The Morgan fingerprint density at radius 2 is 1.24 bits per heavy atom. The summed E-state index contributed by atoms with van der Waals surface area (Å²) in [5.74, 6) is -0.723. The molecule has 5 aliphatic rings. The smallest absolute Gasteiger partial charge is 0.280 e. The summed E-state index contributed by atoms with van der Waals surface area (Å²) in [6.07, 6.45) is -8.89. The first-order chi connectivity index (χ1) is 43.9. The lowest BCUT2D eigenvalue weighted by atomic mass is 10.1. The number of nitrogen functional groups attached to an aromatic ring is 3. The monoisotopic (exact) mass is 1350 g/mol. The van der Waals surface area contributed by atoms with Crippen molar-refractivity contribution in [3.05, 3.63) is 75.5 Å². The number of hydrogen-bond acceptors (Lipinski definition) is 35. The molecule has 11 heterocycles. The summed E-state index contributed by atoms with van der Waals surface area (Å²) in [7, 11) is -12.9. The second kappa shape index (κ2) is 26.3. The van der Waals surface area contributed by atoms with E-state index in [1.54, 1.807) is 16.4 Å². The number of aryl methyl sites for hydroxylation is 1. The van der Waals surface area contributed by atoms with Gasteiger partial charge in [-0.15, -0.1) is 0 Å². The number of aromatic nitrogens is 14. The van der Waals surface area contributed by atoms with Crippen molar-refractivity contribution in [2.45, 2.75) is 106 Å². The molecule has 17 atom stereocenters. The minimum Gasteiger partial charge on any atom is -0.756 e. The lowest BCUT2D eigenvalue weighted by Crippen LogP contribution is -2.40. The summed E-state index contributed by atoms with van der Waals surface area (Å²) in [5, 5.41) is 21.7. The van der Waals surface area contributed by atoms with Crippen LogP contribution in [0, 0.1) is 12.8 Å². The highest BCUT2D eigenvalue weighted by Gasteiger charge is 2.52. The van der Waals surface area contributed by atoms with Crippen LogP contribution in [0.3, 0.4) is 0 Å². The Kier molecular flexibility index (Phi) is 18.7. The predicted molar refractivity (Wildman–Crippen MR) is 305 cm³/mol. The van der Waals surface area contributed by atoms with Gasteiger partial charge in [0.15, 0.2) is 40.0 Å². The number of anilines is 3. The summed E-state index contributed by atoms with van der Waals surface area (Å²) in [4.78, 5) is 112. The lowest BCUT2D eigenvalue weighted by molar-refractivity contribution is -0.239. The minimum absolute atomic E-state index is 0.0173. The normalized spacial score (nSPS) is 29.6. The van der Waals surface area contributed by atoms with Crippen LogP contribution in [0.4, 0.5) is 17.6 Å². The van der Waals surface area contributed by atoms with Gasteiger partial charge in [0.25, 0.3) is 34.6 Å². The molecule has 43 heteroatoms. The van der Waals surface area contributed by atoms with Crippen LogP contribution in [-0.2, 0) is 88.8 Å². The molecular formula is C49H62N18O22P3-3. The average molecular weight is 1350 g/mol. The van der Waals surface area contributed by atoms with Crippen LogP contribution in [0.2, 0.25) is 0 Å². The fourth-order valence-corrected chi connectivity index (χ4v) is 15.0. The molecule has 12 rings (SSSR count). The van der Waals surface area contributed by atoms with Crippen molar-refractivity contribution in [1.29, 1.82) is 0 Å². The first-order valence-corrected chi connectivity index (χ1v) is 32.6. The van der Waals surface area contributed by atoms with Crippen LogP contribution in [0.25, 0.3) is 39.1 Å². The Morgan fingerprint density at radius 3 is 1.96 bits per heavy atom. The molecule has 40 nitrogen and oxygen atoms in total. The third-order valence-electron chi connectivity index (χ3n) is 16.3. The number of nitrogens with one attached hydrogen (secondary N) is 2. The van der Waals surface area contributed by atoms with E-state index >= 15 is 0 Å². The van der Waals surface area contributed by atoms with Gasteiger partial charge in [0, 0.05) is 52.4 Å². The number of imidazole rings is 3. The molecular weight excluding hydrogens is 1290 g/mol. The fraction of sp³-hybridized carbons (Fsp3) is 0.571. The van der Waals surface area contributed by atoms with Crippen LogP contribution in [0.5, 0.6) is 0 Å². The van der Waals surface area contributed by atoms with Crippen LogP contribution in [0.15, 0.2) is 47.3 Å². The number of aliphatic hydroxyl groups is 2. The molecule has 4 aliphatic heterocycles. The van der Waals surface area contributed by atoms with E-state index in [-0.39, 0.29) is 78.5 Å². The third-order valence-corrected chi connectivity index (χ3v) is 19.2. The molecule has 0 saturated carbocycles. The number of phosphoric ester groups is 3. The number of fused-ring (bicyclic) bond motifs is 4. The number of rotatable bonds is 26. The number of likely N-dealkylation sites (tertiary alicyclic amines) is 1. The second-order valence-electron chi connectivity index (χ2n) is 22.1. The molecule has 4 saturated heterocycles. The van der Waals surface area contributed by atoms with Crippen molar-refractivity contribution in [3.63, 3.8) is 0 Å². The standard InChI is InChI=1S/C49H65N18O22P3/c1-21-60-44-33(46(70)61-21)58-19-66(44)11-27-37(79-3)39(89-92(76,77)82-14-29-35(69)36(78-2)26(84-29)10-65-18-57-32-42(51)55-17-56-43(32)65)30(85-27)15-83-90(72,73)87-25-9-64(7-22-5-6-24-31(22)53-16-54-41(24)50)8-23(25)13-81-91(74,75)88-38-28(12-68)86-48(40(38)80-4)67-20-59-34-45(67)62-49(52)63-47(34)71/h5,16-20,23,25-30,35-40,48,68-69H,6-15H2,1-4H3,(H,72,73)(H,74,75)(H,76,77)(H2,50,53,54)(H2,51,55,56)(H,60,61,70)(H3,52,62,63,71)/p-3/t23-,25?,26+,27+,28-,29-,30-,35?,36-,37-,38?,39?,40+,48-/m1/s1. The molecule has 0 spiro atoms. The van der Waals surface area contributed by atoms with E-state index in [1.165, 1.54) is 62.1 Å². The summed E-state index contributed by atoms with van der Waals surface area (Å²) in [5.41, 5.74) is 19.2. The van der Waals surface area contributed by atoms with Gasteiger partial charge in [-0.25, -0.2) is 39.9 Å². The van der Waals surface area contributed by atoms with Gasteiger partial charge in [0.05, 0.1) is 70.3 Å². The zero-order chi connectivity index (χ0) is 65.1. The highest BCUT2D eigenvalue weighted by molar-refractivity contribution is 7.46. The van der Waals surface area contributed by atoms with Crippen LogP contribution >= 0.6 is 23.5 Å². The molecule has 7 aromatic rings. The van der Waals surface area contributed by atoms with Crippen molar-refractivity contribution >= 4 is 80.1 Å². The van der Waals surface area contributed by atoms with Gasteiger partial charge >= 0.3 is 0 Å². The van der Waals surface area contributed by atoms with E-state index in [9.17, 15) is 48.2 Å². The average Bonchev–Trinajstić information content (AvgIpc) is 1.99. The maximum absolute atomic E-state index is 14.3. The van der Waals surface area contributed by atoms with E-state index in [0.29, 0.717) is 34.4 Å². The van der Waals surface area contributed by atoms with Crippen molar-refractivity contribution in [2.75, 3.05) is 84.6 Å². The summed E-state index contributed by atoms with van der Waals surface area (Å²) in [6, 6.07) is 0. The largest absolute Gasteiger partial charge is 0.756 e.